The maximum absolute atomic E-state index is 5.03. The maximum Gasteiger partial charge on any atom is 0.106 e. The van der Waals surface area contributed by atoms with Crippen LogP contribution in [0.1, 0.15) is 19.4 Å². The molecule has 2 heteroatoms. The first-order valence-electron chi connectivity index (χ1n) is 4.79. The van der Waals surface area contributed by atoms with Gasteiger partial charge in [-0.2, -0.15) is 0 Å². The lowest BCUT2D eigenvalue weighted by Gasteiger charge is -2.13. The summed E-state index contributed by atoms with van der Waals surface area (Å²) >= 11 is 0. The van der Waals surface area contributed by atoms with Crippen molar-refractivity contribution in [3.05, 3.63) is 42.2 Å². The molecule has 2 nitrogen and oxygen atoms in total. The third-order valence-electron chi connectivity index (χ3n) is 1.76. The second kappa shape index (κ2) is 5.32. The molecule has 0 spiro atoms. The molecule has 0 heterocycles. The molecule has 76 valence electrons. The first kappa shape index (κ1) is 10.6. The van der Waals surface area contributed by atoms with Gasteiger partial charge in [0.2, 0.25) is 0 Å². The first-order chi connectivity index (χ1) is 6.74. The summed E-state index contributed by atoms with van der Waals surface area (Å²) in [6.45, 7) is 4.21. The molecule has 0 bridgehead atoms. The fraction of sp³-hybridized carbons (Fsp3) is 0.333. The van der Waals surface area contributed by atoms with Crippen molar-refractivity contribution in [2.75, 3.05) is 7.11 Å². The Labute approximate surface area is 85.6 Å². The van der Waals surface area contributed by atoms with Crippen LogP contribution < -0.4 is 5.32 Å². The van der Waals surface area contributed by atoms with Crippen molar-refractivity contribution in [3.8, 4) is 0 Å². The van der Waals surface area contributed by atoms with E-state index in [9.17, 15) is 0 Å². The maximum atomic E-state index is 5.03. The average molecular weight is 191 g/mol. The Morgan fingerprint density at radius 3 is 2.43 bits per heavy atom. The van der Waals surface area contributed by atoms with Crippen molar-refractivity contribution in [1.29, 1.82) is 0 Å². The van der Waals surface area contributed by atoms with Crippen LogP contribution in [0.3, 0.4) is 0 Å². The van der Waals surface area contributed by atoms with Gasteiger partial charge in [-0.3, -0.25) is 0 Å². The second-order valence-electron chi connectivity index (χ2n) is 3.43. The van der Waals surface area contributed by atoms with Crippen molar-refractivity contribution in [2.24, 2.45) is 0 Å². The number of benzene rings is 1. The Kier molecular flexibility index (Phi) is 4.05. The van der Waals surface area contributed by atoms with Crippen LogP contribution in [0, 0.1) is 0 Å². The fourth-order valence-electron chi connectivity index (χ4n) is 1.23. The van der Waals surface area contributed by atoms with E-state index in [0.717, 1.165) is 11.3 Å². The molecule has 0 aliphatic heterocycles. The molecular formula is C12H17NO. The van der Waals surface area contributed by atoms with E-state index in [4.69, 9.17) is 4.74 Å². The molecule has 0 atom stereocenters. The van der Waals surface area contributed by atoms with Gasteiger partial charge in [0.1, 0.15) is 6.26 Å². The minimum Gasteiger partial charge on any atom is -0.502 e. The van der Waals surface area contributed by atoms with Gasteiger partial charge in [-0.05, 0) is 13.8 Å². The number of hydrogen-bond acceptors (Lipinski definition) is 2. The highest BCUT2D eigenvalue weighted by Crippen LogP contribution is 2.11. The molecule has 0 radical (unpaired) electrons. The van der Waals surface area contributed by atoms with Crippen LogP contribution in [0.5, 0.6) is 0 Å². The van der Waals surface area contributed by atoms with Gasteiger partial charge >= 0.3 is 0 Å². The van der Waals surface area contributed by atoms with Gasteiger partial charge in [0.25, 0.3) is 0 Å². The predicted molar refractivity (Wildman–Crippen MR) is 59.7 cm³/mol. The van der Waals surface area contributed by atoms with Crippen LogP contribution in [0.15, 0.2) is 36.6 Å². The highest BCUT2D eigenvalue weighted by atomic mass is 16.5. The van der Waals surface area contributed by atoms with Crippen LogP contribution in [0.2, 0.25) is 0 Å². The van der Waals surface area contributed by atoms with Crippen LogP contribution in [-0.4, -0.2) is 13.2 Å². The molecule has 0 saturated carbocycles. The third-order valence-corrected chi connectivity index (χ3v) is 1.76. The average Bonchev–Trinajstić information content (AvgIpc) is 2.18. The zero-order valence-electron chi connectivity index (χ0n) is 8.95. The molecule has 1 aromatic rings. The van der Waals surface area contributed by atoms with Gasteiger partial charge in [-0.25, -0.2) is 0 Å². The third kappa shape index (κ3) is 3.13. The number of hydrogen-bond donors (Lipinski definition) is 1. The van der Waals surface area contributed by atoms with E-state index >= 15 is 0 Å². The van der Waals surface area contributed by atoms with Crippen molar-refractivity contribution in [1.82, 2.24) is 5.32 Å². The molecule has 0 aliphatic rings. The van der Waals surface area contributed by atoms with Crippen molar-refractivity contribution < 1.29 is 4.74 Å². The number of nitrogens with one attached hydrogen (secondary N) is 1. The topological polar surface area (TPSA) is 21.3 Å². The van der Waals surface area contributed by atoms with E-state index in [-0.39, 0.29) is 0 Å². The summed E-state index contributed by atoms with van der Waals surface area (Å²) in [6, 6.07) is 10.5. The molecule has 0 unspecified atom stereocenters. The Bertz CT molecular complexity index is 290. The molecule has 0 aromatic heterocycles. The van der Waals surface area contributed by atoms with Crippen LogP contribution in [0.4, 0.5) is 0 Å². The Morgan fingerprint density at radius 2 is 1.93 bits per heavy atom. The van der Waals surface area contributed by atoms with Gasteiger partial charge in [0.05, 0.1) is 12.8 Å². The predicted octanol–water partition coefficient (Wildman–Crippen LogP) is 2.63. The van der Waals surface area contributed by atoms with Crippen LogP contribution in [0.25, 0.3) is 5.70 Å². The molecule has 1 rings (SSSR count). The summed E-state index contributed by atoms with van der Waals surface area (Å²) in [5.74, 6) is 0. The van der Waals surface area contributed by atoms with Gasteiger partial charge in [0.15, 0.2) is 0 Å². The van der Waals surface area contributed by atoms with Crippen molar-refractivity contribution >= 4 is 5.70 Å². The van der Waals surface area contributed by atoms with Crippen LogP contribution in [-0.2, 0) is 4.74 Å². The first-order valence-corrected chi connectivity index (χ1v) is 4.79. The summed E-state index contributed by atoms with van der Waals surface area (Å²) in [5.41, 5.74) is 2.16. The lowest BCUT2D eigenvalue weighted by molar-refractivity contribution is 0.337. The Morgan fingerprint density at radius 1 is 1.29 bits per heavy atom. The lowest BCUT2D eigenvalue weighted by Crippen LogP contribution is -2.21. The Balaban J connectivity index is 2.84. The molecule has 0 aliphatic carbocycles. The molecule has 0 fully saturated rings. The monoisotopic (exact) mass is 191 g/mol. The van der Waals surface area contributed by atoms with E-state index < -0.39 is 0 Å². The van der Waals surface area contributed by atoms with Gasteiger partial charge in [-0.15, -0.1) is 0 Å². The number of methoxy groups -OCH3 is 1. The molecule has 1 aromatic carbocycles. The highest BCUT2D eigenvalue weighted by molar-refractivity contribution is 5.62. The van der Waals surface area contributed by atoms with Crippen LogP contribution >= 0.6 is 0 Å². The molecule has 0 amide bonds. The SMILES string of the molecule is CO/C=C(/NC(C)C)c1ccccc1. The van der Waals surface area contributed by atoms with E-state index in [1.54, 1.807) is 13.4 Å². The quantitative estimate of drug-likeness (QED) is 0.739. The zero-order valence-corrected chi connectivity index (χ0v) is 8.95. The van der Waals surface area contributed by atoms with E-state index in [1.807, 2.05) is 18.2 Å². The zero-order chi connectivity index (χ0) is 10.4. The second-order valence-corrected chi connectivity index (χ2v) is 3.43. The minimum absolute atomic E-state index is 0.400. The summed E-state index contributed by atoms with van der Waals surface area (Å²) in [5, 5.41) is 3.33. The summed E-state index contributed by atoms with van der Waals surface area (Å²) < 4.78 is 5.03. The summed E-state index contributed by atoms with van der Waals surface area (Å²) in [7, 11) is 1.66. The highest BCUT2D eigenvalue weighted by Gasteiger charge is 2.01. The van der Waals surface area contributed by atoms with E-state index in [0.29, 0.717) is 6.04 Å². The number of ether oxygens (including phenoxy) is 1. The molecular weight excluding hydrogens is 174 g/mol. The van der Waals surface area contributed by atoms with Crippen molar-refractivity contribution in [3.63, 3.8) is 0 Å². The standard InChI is InChI=1S/C12H17NO/c1-10(2)13-12(9-14-3)11-7-5-4-6-8-11/h4-10,13H,1-3H3/b12-9+. The largest absolute Gasteiger partial charge is 0.502 e. The van der Waals surface area contributed by atoms with Crippen molar-refractivity contribution in [2.45, 2.75) is 19.9 Å². The summed E-state index contributed by atoms with van der Waals surface area (Å²) in [6.07, 6.45) is 1.73. The number of rotatable bonds is 4. The molecule has 1 N–H and O–H groups in total. The lowest BCUT2D eigenvalue weighted by atomic mass is 10.1. The van der Waals surface area contributed by atoms with E-state index in [1.165, 1.54) is 0 Å². The molecule has 14 heavy (non-hydrogen) atoms. The minimum atomic E-state index is 0.400. The van der Waals surface area contributed by atoms with Gasteiger partial charge in [-0.1, -0.05) is 30.3 Å². The summed E-state index contributed by atoms with van der Waals surface area (Å²) in [4.78, 5) is 0. The Hall–Kier alpha value is -1.44. The molecule has 0 saturated heterocycles. The van der Waals surface area contributed by atoms with Gasteiger partial charge in [0, 0.05) is 11.6 Å². The van der Waals surface area contributed by atoms with E-state index in [2.05, 4.69) is 31.3 Å². The smallest absolute Gasteiger partial charge is 0.106 e. The van der Waals surface area contributed by atoms with Gasteiger partial charge < -0.3 is 10.1 Å². The fourth-order valence-corrected chi connectivity index (χ4v) is 1.23. The normalized spacial score (nSPS) is 11.6.